The minimum Gasteiger partial charge on any atom is -0.478 e. The first kappa shape index (κ1) is 22.1. The minimum absolute atomic E-state index is 0.0262. The number of halogens is 1. The van der Waals surface area contributed by atoms with Crippen LogP contribution in [-0.4, -0.2) is 32.2 Å². The Balaban J connectivity index is 1.45. The van der Waals surface area contributed by atoms with Gasteiger partial charge in [0.1, 0.15) is 5.82 Å². The van der Waals surface area contributed by atoms with Gasteiger partial charge in [-0.2, -0.15) is 0 Å². The van der Waals surface area contributed by atoms with Crippen LogP contribution in [0, 0.1) is 5.82 Å². The molecule has 0 radical (unpaired) electrons. The standard InChI is InChI=1S/C27H27FN4O2/c1-2-31-17-19(21-9-3-4-10-25(21)31)12-13-23-22(26(33)34)16-29-27(30-23)32-14-6-11-24(32)18-7-5-8-20(28)15-18/h3-5,7-10,15-17,24H,2,6,11-14H2,1H3,(H,33,34). The van der Waals surface area contributed by atoms with Gasteiger partial charge in [0.25, 0.3) is 0 Å². The van der Waals surface area contributed by atoms with Gasteiger partial charge in [-0.15, -0.1) is 0 Å². The molecule has 1 N–H and O–H groups in total. The number of fused-ring (bicyclic) bond motifs is 1. The van der Waals surface area contributed by atoms with Crippen molar-refractivity contribution < 1.29 is 14.3 Å². The fourth-order valence-electron chi connectivity index (χ4n) is 5.02. The number of anilines is 1. The molecule has 0 aliphatic carbocycles. The highest BCUT2D eigenvalue weighted by Gasteiger charge is 2.29. The van der Waals surface area contributed by atoms with E-state index in [-0.39, 0.29) is 17.4 Å². The predicted molar refractivity (Wildman–Crippen MR) is 130 cm³/mol. The number of hydrogen-bond acceptors (Lipinski definition) is 4. The number of aromatic nitrogens is 3. The van der Waals surface area contributed by atoms with Crippen LogP contribution in [0.5, 0.6) is 0 Å². The number of rotatable bonds is 7. The Morgan fingerprint density at radius 2 is 2.03 bits per heavy atom. The summed E-state index contributed by atoms with van der Waals surface area (Å²) in [5, 5.41) is 10.9. The first-order valence-corrected chi connectivity index (χ1v) is 11.7. The van der Waals surface area contributed by atoms with E-state index in [0.29, 0.717) is 24.5 Å². The second kappa shape index (κ2) is 9.25. The van der Waals surface area contributed by atoms with Gasteiger partial charge in [0, 0.05) is 36.4 Å². The maximum atomic E-state index is 13.8. The van der Waals surface area contributed by atoms with Crippen molar-refractivity contribution in [2.75, 3.05) is 11.4 Å². The molecule has 1 unspecified atom stereocenters. The highest BCUT2D eigenvalue weighted by molar-refractivity contribution is 5.89. The van der Waals surface area contributed by atoms with Gasteiger partial charge in [0.05, 0.1) is 17.3 Å². The molecule has 2 aromatic carbocycles. The monoisotopic (exact) mass is 458 g/mol. The predicted octanol–water partition coefficient (Wildman–Crippen LogP) is 5.42. The van der Waals surface area contributed by atoms with Gasteiger partial charge >= 0.3 is 5.97 Å². The van der Waals surface area contributed by atoms with Crippen molar-refractivity contribution in [2.24, 2.45) is 0 Å². The first-order chi connectivity index (χ1) is 16.5. The van der Waals surface area contributed by atoms with Crippen LogP contribution < -0.4 is 4.90 Å². The summed E-state index contributed by atoms with van der Waals surface area (Å²) in [7, 11) is 0. The van der Waals surface area contributed by atoms with Gasteiger partial charge in [0.15, 0.2) is 0 Å². The number of benzene rings is 2. The number of para-hydroxylation sites is 1. The van der Waals surface area contributed by atoms with Gasteiger partial charge in [-0.05, 0) is 61.9 Å². The Hall–Kier alpha value is -3.74. The number of nitrogens with zero attached hydrogens (tertiary/aromatic N) is 4. The van der Waals surface area contributed by atoms with E-state index in [9.17, 15) is 14.3 Å². The third-order valence-corrected chi connectivity index (χ3v) is 6.67. The summed E-state index contributed by atoms with van der Waals surface area (Å²) >= 11 is 0. The van der Waals surface area contributed by atoms with Crippen LogP contribution in [0.4, 0.5) is 10.3 Å². The third-order valence-electron chi connectivity index (χ3n) is 6.67. The average Bonchev–Trinajstić information content (AvgIpc) is 3.48. The summed E-state index contributed by atoms with van der Waals surface area (Å²) < 4.78 is 16.0. The van der Waals surface area contributed by atoms with Crippen molar-refractivity contribution in [3.05, 3.63) is 89.1 Å². The minimum atomic E-state index is -1.03. The normalized spacial score (nSPS) is 15.8. The molecule has 1 aliphatic heterocycles. The van der Waals surface area contributed by atoms with Crippen LogP contribution >= 0.6 is 0 Å². The second-order valence-electron chi connectivity index (χ2n) is 8.70. The maximum Gasteiger partial charge on any atom is 0.339 e. The molecule has 1 aliphatic rings. The molecular weight excluding hydrogens is 431 g/mol. The molecule has 1 fully saturated rings. The molecule has 7 heteroatoms. The fourth-order valence-corrected chi connectivity index (χ4v) is 5.02. The lowest BCUT2D eigenvalue weighted by molar-refractivity contribution is 0.0694. The van der Waals surface area contributed by atoms with E-state index in [2.05, 4.69) is 39.7 Å². The van der Waals surface area contributed by atoms with Gasteiger partial charge in [0.2, 0.25) is 5.95 Å². The van der Waals surface area contributed by atoms with Crippen LogP contribution in [0.1, 0.15) is 53.0 Å². The van der Waals surface area contributed by atoms with Crippen molar-refractivity contribution in [3.63, 3.8) is 0 Å². The zero-order valence-electron chi connectivity index (χ0n) is 19.1. The molecule has 2 aromatic heterocycles. The van der Waals surface area contributed by atoms with Crippen molar-refractivity contribution in [2.45, 2.75) is 45.2 Å². The van der Waals surface area contributed by atoms with Crippen LogP contribution in [0.3, 0.4) is 0 Å². The number of hydrogen-bond donors (Lipinski definition) is 1. The summed E-state index contributed by atoms with van der Waals surface area (Å²) in [6, 6.07) is 14.9. The van der Waals surface area contributed by atoms with Crippen LogP contribution in [-0.2, 0) is 19.4 Å². The maximum absolute atomic E-state index is 13.8. The van der Waals surface area contributed by atoms with Crippen molar-refractivity contribution in [1.82, 2.24) is 14.5 Å². The topological polar surface area (TPSA) is 71.2 Å². The van der Waals surface area contributed by atoms with Gasteiger partial charge in [-0.3, -0.25) is 0 Å². The van der Waals surface area contributed by atoms with Gasteiger partial charge in [-0.25, -0.2) is 19.2 Å². The van der Waals surface area contributed by atoms with Crippen LogP contribution in [0.15, 0.2) is 60.9 Å². The number of carbonyl (C=O) groups is 1. The van der Waals surface area contributed by atoms with Crippen LogP contribution in [0.2, 0.25) is 0 Å². The Morgan fingerprint density at radius 1 is 1.18 bits per heavy atom. The van der Waals surface area contributed by atoms with Crippen LogP contribution in [0.25, 0.3) is 10.9 Å². The lowest BCUT2D eigenvalue weighted by Crippen LogP contribution is -2.25. The number of aromatic carboxylic acids is 1. The molecule has 3 heterocycles. The molecule has 34 heavy (non-hydrogen) atoms. The molecule has 0 spiro atoms. The van der Waals surface area contributed by atoms with E-state index in [4.69, 9.17) is 4.98 Å². The molecular formula is C27H27FN4O2. The third kappa shape index (κ3) is 4.14. The summed E-state index contributed by atoms with van der Waals surface area (Å²) in [6.07, 6.45) is 6.55. The summed E-state index contributed by atoms with van der Waals surface area (Å²) in [5.74, 6) is -0.790. The molecule has 6 nitrogen and oxygen atoms in total. The Kier molecular flexibility index (Phi) is 6.01. The van der Waals surface area contributed by atoms with Crippen molar-refractivity contribution >= 4 is 22.8 Å². The Morgan fingerprint density at radius 3 is 2.82 bits per heavy atom. The zero-order valence-corrected chi connectivity index (χ0v) is 19.1. The molecule has 0 saturated carbocycles. The zero-order chi connectivity index (χ0) is 23.7. The molecule has 4 aromatic rings. The lowest BCUT2D eigenvalue weighted by Gasteiger charge is -2.25. The van der Waals surface area contributed by atoms with Crippen molar-refractivity contribution in [1.29, 1.82) is 0 Å². The molecule has 1 saturated heterocycles. The summed E-state index contributed by atoms with van der Waals surface area (Å²) in [5.41, 5.74) is 3.89. The molecule has 174 valence electrons. The molecule has 5 rings (SSSR count). The van der Waals surface area contributed by atoms with E-state index in [1.807, 2.05) is 18.2 Å². The van der Waals surface area contributed by atoms with Gasteiger partial charge in [-0.1, -0.05) is 30.3 Å². The molecule has 1 atom stereocenters. The Bertz CT molecular complexity index is 1350. The Labute approximate surface area is 197 Å². The smallest absolute Gasteiger partial charge is 0.339 e. The number of aryl methyl sites for hydroxylation is 3. The SMILES string of the molecule is CCn1cc(CCc2nc(N3CCCC3c3cccc(F)c3)ncc2C(=O)O)c2ccccc21. The number of carboxylic acids is 1. The largest absolute Gasteiger partial charge is 0.478 e. The lowest BCUT2D eigenvalue weighted by atomic mass is 10.0. The molecule has 0 bridgehead atoms. The van der Waals surface area contributed by atoms with E-state index >= 15 is 0 Å². The van der Waals surface area contributed by atoms with E-state index in [1.54, 1.807) is 12.1 Å². The molecule has 0 amide bonds. The quantitative estimate of drug-likeness (QED) is 0.401. The van der Waals surface area contributed by atoms with Crippen molar-refractivity contribution in [3.8, 4) is 0 Å². The number of carboxylic acid groups (broad SMARTS) is 1. The average molecular weight is 459 g/mol. The second-order valence-corrected chi connectivity index (χ2v) is 8.70. The highest BCUT2D eigenvalue weighted by atomic mass is 19.1. The summed E-state index contributed by atoms with van der Waals surface area (Å²) in [6.45, 7) is 3.73. The van der Waals surface area contributed by atoms with E-state index in [0.717, 1.165) is 31.5 Å². The highest BCUT2D eigenvalue weighted by Crippen LogP contribution is 2.35. The first-order valence-electron chi connectivity index (χ1n) is 11.7. The fraction of sp³-hybridized carbons (Fsp3) is 0.296. The van der Waals surface area contributed by atoms with Gasteiger partial charge < -0.3 is 14.6 Å². The summed E-state index contributed by atoms with van der Waals surface area (Å²) in [4.78, 5) is 23.1. The van der Waals surface area contributed by atoms with E-state index in [1.165, 1.54) is 28.7 Å². The van der Waals surface area contributed by atoms with E-state index < -0.39 is 5.97 Å².